The summed E-state index contributed by atoms with van der Waals surface area (Å²) < 4.78 is 26.6. The molecule has 0 bridgehead atoms. The summed E-state index contributed by atoms with van der Waals surface area (Å²) in [4.78, 5) is 0. The van der Waals surface area contributed by atoms with E-state index in [4.69, 9.17) is 18.9 Å². The van der Waals surface area contributed by atoms with Gasteiger partial charge in [-0.2, -0.15) is 0 Å². The molecule has 0 aliphatic heterocycles. The summed E-state index contributed by atoms with van der Waals surface area (Å²) in [5, 5.41) is 0. The number of hydrogen-bond acceptors (Lipinski definition) is 4. The lowest BCUT2D eigenvalue weighted by atomic mass is 10.1. The van der Waals surface area contributed by atoms with Gasteiger partial charge in [0.15, 0.2) is 0 Å². The van der Waals surface area contributed by atoms with E-state index in [1.165, 1.54) is 38.5 Å². The standard InChI is InChI=1S/C40H52I2O4/c1-3-5-9-23-43-37-27-35(28-38(31-37)44-24-10-6-4-2)19-17-33-13-15-34(16-14-33)18-20-36-29-39(45-25-11-7-21-41)32-40(30-36)46-26-12-8-22-42/h13-20,27-32H,3-12,21-26H2,1-2H3/b19-17+,20-18+. The number of unbranched alkanes of at least 4 members (excludes halogenated alkanes) is 6. The van der Waals surface area contributed by atoms with Crippen molar-refractivity contribution in [3.05, 3.63) is 82.9 Å². The molecule has 4 nitrogen and oxygen atoms in total. The minimum absolute atomic E-state index is 0.725. The molecule has 0 saturated carbocycles. The minimum Gasteiger partial charge on any atom is -0.493 e. The van der Waals surface area contributed by atoms with Gasteiger partial charge in [0.1, 0.15) is 23.0 Å². The first-order valence-electron chi connectivity index (χ1n) is 17.0. The zero-order valence-electron chi connectivity index (χ0n) is 27.8. The number of rotatable bonds is 24. The van der Waals surface area contributed by atoms with Crippen LogP contribution in [-0.4, -0.2) is 35.3 Å². The maximum atomic E-state index is 6.08. The van der Waals surface area contributed by atoms with Crippen LogP contribution in [-0.2, 0) is 0 Å². The van der Waals surface area contributed by atoms with Gasteiger partial charge in [-0.1, -0.05) is 133 Å². The van der Waals surface area contributed by atoms with E-state index in [-0.39, 0.29) is 0 Å². The van der Waals surface area contributed by atoms with Crippen LogP contribution in [0.1, 0.15) is 100 Å². The predicted molar refractivity (Wildman–Crippen MR) is 214 cm³/mol. The van der Waals surface area contributed by atoms with Crippen molar-refractivity contribution in [3.63, 3.8) is 0 Å². The Kier molecular flexibility index (Phi) is 20.0. The van der Waals surface area contributed by atoms with Gasteiger partial charge in [-0.15, -0.1) is 0 Å². The molecule has 0 atom stereocenters. The Morgan fingerprint density at radius 3 is 1.02 bits per heavy atom. The normalized spacial score (nSPS) is 11.4. The van der Waals surface area contributed by atoms with Crippen LogP contribution in [0.4, 0.5) is 0 Å². The fraction of sp³-hybridized carbons (Fsp3) is 0.450. The Balaban J connectivity index is 1.68. The number of benzene rings is 3. The Bertz CT molecular complexity index is 1140. The number of halogens is 2. The van der Waals surface area contributed by atoms with Crippen molar-refractivity contribution in [3.8, 4) is 23.0 Å². The zero-order valence-corrected chi connectivity index (χ0v) is 32.1. The van der Waals surface area contributed by atoms with E-state index in [9.17, 15) is 0 Å². The average Bonchev–Trinajstić information content (AvgIpc) is 3.07. The number of hydrogen-bond donors (Lipinski definition) is 0. The highest BCUT2D eigenvalue weighted by Crippen LogP contribution is 2.27. The van der Waals surface area contributed by atoms with Crippen LogP contribution in [0.3, 0.4) is 0 Å². The van der Waals surface area contributed by atoms with Crippen LogP contribution in [0.25, 0.3) is 24.3 Å². The second-order valence-electron chi connectivity index (χ2n) is 11.4. The monoisotopic (exact) mass is 850 g/mol. The number of alkyl halides is 2. The van der Waals surface area contributed by atoms with Gasteiger partial charge in [0.2, 0.25) is 0 Å². The van der Waals surface area contributed by atoms with E-state index in [1.807, 2.05) is 12.1 Å². The molecule has 0 fully saturated rings. The second-order valence-corrected chi connectivity index (χ2v) is 13.6. The molecule has 3 rings (SSSR count). The van der Waals surface area contributed by atoms with Gasteiger partial charge in [-0.3, -0.25) is 0 Å². The summed E-state index contributed by atoms with van der Waals surface area (Å²) in [7, 11) is 0. The smallest absolute Gasteiger partial charge is 0.123 e. The predicted octanol–water partition coefficient (Wildman–Crippen LogP) is 12.4. The first-order valence-corrected chi connectivity index (χ1v) is 20.1. The molecule has 0 aliphatic carbocycles. The van der Waals surface area contributed by atoms with Crippen molar-refractivity contribution < 1.29 is 18.9 Å². The topological polar surface area (TPSA) is 36.9 Å². The van der Waals surface area contributed by atoms with Gasteiger partial charge >= 0.3 is 0 Å². The third kappa shape index (κ3) is 16.1. The minimum atomic E-state index is 0.725. The molecule has 6 heteroatoms. The molecular weight excluding hydrogens is 798 g/mol. The van der Waals surface area contributed by atoms with Crippen molar-refractivity contribution in [2.45, 2.75) is 78.1 Å². The van der Waals surface area contributed by atoms with E-state index in [1.54, 1.807) is 0 Å². The van der Waals surface area contributed by atoms with E-state index in [0.717, 1.165) is 106 Å². The molecule has 0 aliphatic rings. The van der Waals surface area contributed by atoms with Crippen molar-refractivity contribution in [2.24, 2.45) is 0 Å². The maximum Gasteiger partial charge on any atom is 0.123 e. The van der Waals surface area contributed by atoms with Gasteiger partial charge in [-0.25, -0.2) is 0 Å². The molecule has 3 aromatic rings. The highest BCUT2D eigenvalue weighted by Gasteiger charge is 2.05. The third-order valence-electron chi connectivity index (χ3n) is 7.30. The Labute approximate surface area is 305 Å². The summed E-state index contributed by atoms with van der Waals surface area (Å²) in [6, 6.07) is 21.0. The van der Waals surface area contributed by atoms with Gasteiger partial charge in [0.25, 0.3) is 0 Å². The number of ether oxygens (including phenoxy) is 4. The highest BCUT2D eigenvalue weighted by molar-refractivity contribution is 14.1. The highest BCUT2D eigenvalue weighted by atomic mass is 127. The van der Waals surface area contributed by atoms with Gasteiger partial charge in [0, 0.05) is 12.1 Å². The molecule has 0 amide bonds. The maximum absolute atomic E-state index is 6.08. The summed E-state index contributed by atoms with van der Waals surface area (Å²) >= 11 is 4.83. The largest absolute Gasteiger partial charge is 0.493 e. The molecule has 250 valence electrons. The lowest BCUT2D eigenvalue weighted by Gasteiger charge is -2.11. The van der Waals surface area contributed by atoms with Crippen LogP contribution in [0.2, 0.25) is 0 Å². The van der Waals surface area contributed by atoms with E-state index >= 15 is 0 Å². The van der Waals surface area contributed by atoms with E-state index in [2.05, 4.69) is 132 Å². The quantitative estimate of drug-likeness (QED) is 0.0389. The van der Waals surface area contributed by atoms with E-state index in [0.29, 0.717) is 0 Å². The molecule has 0 radical (unpaired) electrons. The van der Waals surface area contributed by atoms with Crippen LogP contribution < -0.4 is 18.9 Å². The fourth-order valence-electron chi connectivity index (χ4n) is 4.67. The molecule has 0 spiro atoms. The molecule has 0 heterocycles. The molecule has 0 N–H and O–H groups in total. The summed E-state index contributed by atoms with van der Waals surface area (Å²) in [6.07, 6.45) is 19.9. The van der Waals surface area contributed by atoms with Crippen molar-refractivity contribution >= 4 is 69.5 Å². The SMILES string of the molecule is CCCCCOc1cc(/C=C/c2ccc(/C=C/c3cc(OCCCCI)cc(OCCCCI)c3)cc2)cc(OCCCCC)c1. The van der Waals surface area contributed by atoms with Gasteiger partial charge < -0.3 is 18.9 Å². The van der Waals surface area contributed by atoms with Crippen molar-refractivity contribution in [1.29, 1.82) is 0 Å². The van der Waals surface area contributed by atoms with Gasteiger partial charge in [0.05, 0.1) is 26.4 Å². The Morgan fingerprint density at radius 1 is 0.413 bits per heavy atom. The summed E-state index contributed by atoms with van der Waals surface area (Å²) in [5.41, 5.74) is 4.43. The molecule has 0 aromatic heterocycles. The lowest BCUT2D eigenvalue weighted by Crippen LogP contribution is -2.01. The molecule has 0 saturated heterocycles. The van der Waals surface area contributed by atoms with Crippen molar-refractivity contribution in [2.75, 3.05) is 35.3 Å². The van der Waals surface area contributed by atoms with Crippen LogP contribution in [0, 0.1) is 0 Å². The Hall–Kier alpha value is -2.20. The molecular formula is C40H52I2O4. The van der Waals surface area contributed by atoms with Crippen molar-refractivity contribution in [1.82, 2.24) is 0 Å². The van der Waals surface area contributed by atoms with E-state index < -0.39 is 0 Å². The molecule has 3 aromatic carbocycles. The Morgan fingerprint density at radius 2 is 0.717 bits per heavy atom. The molecule has 0 unspecified atom stereocenters. The van der Waals surface area contributed by atoms with Gasteiger partial charge in [-0.05, 0) is 93.9 Å². The first kappa shape index (κ1) is 38.2. The van der Waals surface area contributed by atoms with Crippen LogP contribution in [0.5, 0.6) is 23.0 Å². The lowest BCUT2D eigenvalue weighted by molar-refractivity contribution is 0.291. The van der Waals surface area contributed by atoms with Crippen LogP contribution in [0.15, 0.2) is 60.7 Å². The second kappa shape index (κ2) is 24.0. The molecule has 46 heavy (non-hydrogen) atoms. The summed E-state index contributed by atoms with van der Waals surface area (Å²) in [6.45, 7) is 7.33. The first-order chi connectivity index (χ1) is 22.6. The third-order valence-corrected chi connectivity index (χ3v) is 8.83. The average molecular weight is 851 g/mol. The summed E-state index contributed by atoms with van der Waals surface area (Å²) in [5.74, 6) is 3.47. The fourth-order valence-corrected chi connectivity index (χ4v) is 5.75. The zero-order chi connectivity index (χ0) is 32.7. The van der Waals surface area contributed by atoms with Crippen LogP contribution >= 0.6 is 45.2 Å².